The Bertz CT molecular complexity index is 502. The van der Waals surface area contributed by atoms with Gasteiger partial charge in [-0.2, -0.15) is 0 Å². The Kier molecular flexibility index (Phi) is 3.58. The van der Waals surface area contributed by atoms with Crippen molar-refractivity contribution < 1.29 is 8.42 Å². The van der Waals surface area contributed by atoms with Crippen LogP contribution in [0.4, 0.5) is 0 Å². The van der Waals surface area contributed by atoms with Crippen molar-refractivity contribution in [1.29, 1.82) is 0 Å². The first-order chi connectivity index (χ1) is 7.92. The lowest BCUT2D eigenvalue weighted by atomic mass is 9.83. The van der Waals surface area contributed by atoms with Crippen LogP contribution in [-0.2, 0) is 16.6 Å². The molecule has 1 heterocycles. The summed E-state index contributed by atoms with van der Waals surface area (Å²) in [5, 5.41) is 0. The van der Waals surface area contributed by atoms with Gasteiger partial charge in [-0.15, -0.1) is 11.3 Å². The third-order valence-corrected chi connectivity index (χ3v) is 6.40. The highest BCUT2D eigenvalue weighted by Crippen LogP contribution is 2.30. The SMILES string of the molecule is Cc1cc(S(=O)(=O)NC2CC(C)C2)sc1CN. The number of thiophene rings is 1. The van der Waals surface area contributed by atoms with E-state index in [4.69, 9.17) is 5.73 Å². The van der Waals surface area contributed by atoms with Gasteiger partial charge in [-0.3, -0.25) is 0 Å². The molecular formula is C11H18N2O2S2. The molecule has 6 heteroatoms. The van der Waals surface area contributed by atoms with Crippen LogP contribution in [0.2, 0.25) is 0 Å². The van der Waals surface area contributed by atoms with E-state index in [1.54, 1.807) is 6.07 Å². The minimum Gasteiger partial charge on any atom is -0.326 e. The van der Waals surface area contributed by atoms with Crippen molar-refractivity contribution >= 4 is 21.4 Å². The van der Waals surface area contributed by atoms with E-state index in [-0.39, 0.29) is 6.04 Å². The molecule has 0 aliphatic heterocycles. The maximum Gasteiger partial charge on any atom is 0.250 e. The van der Waals surface area contributed by atoms with Gasteiger partial charge >= 0.3 is 0 Å². The van der Waals surface area contributed by atoms with Gasteiger partial charge in [-0.1, -0.05) is 6.92 Å². The summed E-state index contributed by atoms with van der Waals surface area (Å²) in [7, 11) is -3.34. The molecule has 1 aliphatic carbocycles. The third-order valence-electron chi connectivity index (χ3n) is 3.14. The van der Waals surface area contributed by atoms with Gasteiger partial charge in [0.1, 0.15) is 4.21 Å². The zero-order valence-electron chi connectivity index (χ0n) is 10.1. The van der Waals surface area contributed by atoms with E-state index in [1.165, 1.54) is 11.3 Å². The Morgan fingerprint density at radius 3 is 2.65 bits per heavy atom. The van der Waals surface area contributed by atoms with Crippen molar-refractivity contribution in [3.05, 3.63) is 16.5 Å². The Labute approximate surface area is 106 Å². The summed E-state index contributed by atoms with van der Waals surface area (Å²) < 4.78 is 27.3. The molecule has 1 aromatic heterocycles. The highest BCUT2D eigenvalue weighted by molar-refractivity contribution is 7.91. The molecule has 96 valence electrons. The van der Waals surface area contributed by atoms with E-state index >= 15 is 0 Å². The first-order valence-electron chi connectivity index (χ1n) is 5.74. The maximum absolute atomic E-state index is 12.1. The number of nitrogens with two attached hydrogens (primary N) is 1. The molecule has 17 heavy (non-hydrogen) atoms. The molecule has 0 atom stereocenters. The van der Waals surface area contributed by atoms with Crippen LogP contribution in [0.15, 0.2) is 10.3 Å². The topological polar surface area (TPSA) is 72.2 Å². The van der Waals surface area contributed by atoms with Crippen LogP contribution in [0.5, 0.6) is 0 Å². The molecule has 1 fully saturated rings. The quantitative estimate of drug-likeness (QED) is 0.876. The smallest absolute Gasteiger partial charge is 0.250 e. The molecular weight excluding hydrogens is 256 g/mol. The average molecular weight is 274 g/mol. The van der Waals surface area contributed by atoms with Crippen LogP contribution in [0.25, 0.3) is 0 Å². The fourth-order valence-electron chi connectivity index (χ4n) is 2.10. The number of rotatable bonds is 4. The van der Waals surface area contributed by atoms with Crippen LogP contribution < -0.4 is 10.5 Å². The van der Waals surface area contributed by atoms with Crippen LogP contribution >= 0.6 is 11.3 Å². The van der Waals surface area contributed by atoms with Crippen LogP contribution in [0.3, 0.4) is 0 Å². The number of hydrogen-bond donors (Lipinski definition) is 2. The second-order valence-corrected chi connectivity index (χ2v) is 7.85. The van der Waals surface area contributed by atoms with E-state index in [9.17, 15) is 8.42 Å². The number of aryl methyl sites for hydroxylation is 1. The highest BCUT2D eigenvalue weighted by Gasteiger charge is 2.30. The lowest BCUT2D eigenvalue weighted by Gasteiger charge is -2.32. The Morgan fingerprint density at radius 1 is 1.53 bits per heavy atom. The molecule has 0 bridgehead atoms. The van der Waals surface area contributed by atoms with Crippen LogP contribution in [0, 0.1) is 12.8 Å². The molecule has 0 aromatic carbocycles. The van der Waals surface area contributed by atoms with Gasteiger partial charge in [0, 0.05) is 17.5 Å². The minimum absolute atomic E-state index is 0.110. The molecule has 0 saturated heterocycles. The zero-order chi connectivity index (χ0) is 12.6. The van der Waals surface area contributed by atoms with Crippen LogP contribution in [-0.4, -0.2) is 14.5 Å². The molecule has 0 amide bonds. The monoisotopic (exact) mass is 274 g/mol. The van der Waals surface area contributed by atoms with Crippen molar-refractivity contribution in [2.24, 2.45) is 11.7 Å². The van der Waals surface area contributed by atoms with E-state index in [2.05, 4.69) is 11.6 Å². The Morgan fingerprint density at radius 2 is 2.18 bits per heavy atom. The number of sulfonamides is 1. The van der Waals surface area contributed by atoms with Crippen molar-refractivity contribution in [2.45, 2.75) is 43.5 Å². The minimum atomic E-state index is -3.34. The van der Waals surface area contributed by atoms with Crippen molar-refractivity contribution in [2.75, 3.05) is 0 Å². The molecule has 4 nitrogen and oxygen atoms in total. The normalized spacial score (nSPS) is 24.6. The fraction of sp³-hybridized carbons (Fsp3) is 0.636. The van der Waals surface area contributed by atoms with Crippen molar-refractivity contribution in [3.8, 4) is 0 Å². The van der Waals surface area contributed by atoms with Gasteiger partial charge in [0.05, 0.1) is 0 Å². The molecule has 0 unspecified atom stereocenters. The summed E-state index contributed by atoms with van der Waals surface area (Å²) in [4.78, 5) is 0.937. The molecule has 0 spiro atoms. The predicted molar refractivity (Wildman–Crippen MR) is 69.5 cm³/mol. The molecule has 1 aliphatic rings. The second-order valence-electron chi connectivity index (χ2n) is 4.77. The van der Waals surface area contributed by atoms with Gasteiger partial charge in [-0.05, 0) is 37.3 Å². The molecule has 1 saturated carbocycles. The summed E-state index contributed by atoms with van der Waals surface area (Å²) in [5.41, 5.74) is 6.52. The van der Waals surface area contributed by atoms with Gasteiger partial charge in [-0.25, -0.2) is 13.1 Å². The van der Waals surface area contributed by atoms with Gasteiger partial charge in [0.15, 0.2) is 0 Å². The lowest BCUT2D eigenvalue weighted by Crippen LogP contribution is -2.43. The molecule has 3 N–H and O–H groups in total. The van der Waals surface area contributed by atoms with Crippen molar-refractivity contribution in [3.63, 3.8) is 0 Å². The predicted octanol–water partition coefficient (Wildman–Crippen LogP) is 1.59. The first kappa shape index (κ1) is 13.0. The van der Waals surface area contributed by atoms with E-state index < -0.39 is 10.0 Å². The Balaban J connectivity index is 2.14. The maximum atomic E-state index is 12.1. The zero-order valence-corrected chi connectivity index (χ0v) is 11.7. The largest absolute Gasteiger partial charge is 0.326 e. The summed E-state index contributed by atoms with van der Waals surface area (Å²) in [6.07, 6.45) is 1.88. The molecule has 2 rings (SSSR count). The van der Waals surface area contributed by atoms with Crippen molar-refractivity contribution in [1.82, 2.24) is 4.72 Å². The number of nitrogens with one attached hydrogen (secondary N) is 1. The third kappa shape index (κ3) is 2.70. The summed E-state index contributed by atoms with van der Waals surface area (Å²) in [5.74, 6) is 0.632. The van der Waals surface area contributed by atoms with E-state index in [0.29, 0.717) is 16.7 Å². The lowest BCUT2D eigenvalue weighted by molar-refractivity contribution is 0.270. The second kappa shape index (κ2) is 4.68. The van der Waals surface area contributed by atoms with Gasteiger partial charge < -0.3 is 5.73 Å². The molecule has 0 radical (unpaired) electrons. The summed E-state index contributed by atoms with van der Waals surface area (Å²) in [6.45, 7) is 4.42. The summed E-state index contributed by atoms with van der Waals surface area (Å²) in [6, 6.07) is 1.82. The van der Waals surface area contributed by atoms with Gasteiger partial charge in [0.2, 0.25) is 10.0 Å². The molecule has 1 aromatic rings. The standard InChI is InChI=1S/C11H18N2O2S2/c1-7-3-9(4-7)13-17(14,15)11-5-8(2)10(6-12)16-11/h5,7,9,13H,3-4,6,12H2,1-2H3. The Hall–Kier alpha value is -0.430. The van der Waals surface area contributed by atoms with E-state index in [1.807, 2.05) is 6.92 Å². The van der Waals surface area contributed by atoms with Gasteiger partial charge in [0.25, 0.3) is 0 Å². The highest BCUT2D eigenvalue weighted by atomic mass is 32.2. The van der Waals surface area contributed by atoms with E-state index in [0.717, 1.165) is 23.3 Å². The average Bonchev–Trinajstić information content (AvgIpc) is 2.58. The van der Waals surface area contributed by atoms with Crippen LogP contribution in [0.1, 0.15) is 30.2 Å². The fourth-order valence-corrected chi connectivity index (χ4v) is 4.85. The number of hydrogen-bond acceptors (Lipinski definition) is 4. The summed E-state index contributed by atoms with van der Waals surface area (Å²) >= 11 is 1.27. The first-order valence-corrected chi connectivity index (χ1v) is 8.04.